The summed E-state index contributed by atoms with van der Waals surface area (Å²) < 4.78 is 27.1. The van der Waals surface area contributed by atoms with E-state index in [2.05, 4.69) is 10.0 Å². The number of hydrogen-bond donors (Lipinski definition) is 2. The number of nitrogens with zero attached hydrogens (tertiary/aromatic N) is 1. The number of rotatable bonds is 3. The molecule has 2 N–H and O–H groups in total. The maximum atomic E-state index is 12.5. The number of halogens is 1. The number of piperazine rings is 1. The highest BCUT2D eigenvalue weighted by atomic mass is 35.5. The van der Waals surface area contributed by atoms with Crippen molar-refractivity contribution in [3.05, 3.63) is 29.8 Å². The lowest BCUT2D eigenvalue weighted by molar-refractivity contribution is 0.0655. The molecule has 1 heterocycles. The third-order valence-electron chi connectivity index (χ3n) is 3.61. The lowest BCUT2D eigenvalue weighted by atomic mass is 10.1. The lowest BCUT2D eigenvalue weighted by Crippen LogP contribution is -2.52. The first kappa shape index (κ1) is 20.9. The maximum Gasteiger partial charge on any atom is 0.254 e. The van der Waals surface area contributed by atoms with E-state index in [-0.39, 0.29) is 29.3 Å². The fourth-order valence-electron chi connectivity index (χ4n) is 2.55. The number of nitrogens with one attached hydrogen (secondary N) is 2. The van der Waals surface area contributed by atoms with Crippen LogP contribution in [0.4, 0.5) is 0 Å². The van der Waals surface area contributed by atoms with Crippen LogP contribution in [-0.4, -0.2) is 50.4 Å². The Labute approximate surface area is 150 Å². The number of sulfonamides is 1. The average Bonchev–Trinajstić information content (AvgIpc) is 2.45. The molecule has 1 aliphatic rings. The molecule has 1 atom stereocenters. The number of benzene rings is 1. The molecule has 1 saturated heterocycles. The van der Waals surface area contributed by atoms with E-state index in [1.54, 1.807) is 32.9 Å². The van der Waals surface area contributed by atoms with Gasteiger partial charge in [-0.1, -0.05) is 0 Å². The molecule has 1 unspecified atom stereocenters. The zero-order chi connectivity index (χ0) is 17.3. The summed E-state index contributed by atoms with van der Waals surface area (Å²) in [6.07, 6.45) is 0. The minimum atomic E-state index is -3.58. The summed E-state index contributed by atoms with van der Waals surface area (Å²) in [5.41, 5.74) is -0.0442. The van der Waals surface area contributed by atoms with Crippen molar-refractivity contribution in [1.29, 1.82) is 0 Å². The Kier molecular flexibility index (Phi) is 6.81. The van der Waals surface area contributed by atoms with Crippen molar-refractivity contribution in [2.45, 2.75) is 44.2 Å². The number of hydrogen-bond acceptors (Lipinski definition) is 4. The molecule has 0 radical (unpaired) electrons. The van der Waals surface area contributed by atoms with Crippen molar-refractivity contribution in [3.63, 3.8) is 0 Å². The smallest absolute Gasteiger partial charge is 0.254 e. The molecule has 1 aliphatic heterocycles. The zero-order valence-corrected chi connectivity index (χ0v) is 16.1. The fraction of sp³-hybridized carbons (Fsp3) is 0.562. The Morgan fingerprint density at radius 2 is 1.83 bits per heavy atom. The molecule has 0 aromatic heterocycles. The topological polar surface area (TPSA) is 78.5 Å². The summed E-state index contributed by atoms with van der Waals surface area (Å²) in [6, 6.07) is 6.24. The monoisotopic (exact) mass is 375 g/mol. The largest absolute Gasteiger partial charge is 0.333 e. The minimum absolute atomic E-state index is 0. The van der Waals surface area contributed by atoms with E-state index < -0.39 is 15.6 Å². The first-order valence-electron chi connectivity index (χ1n) is 7.76. The summed E-state index contributed by atoms with van der Waals surface area (Å²) >= 11 is 0. The van der Waals surface area contributed by atoms with Crippen LogP contribution in [0.15, 0.2) is 29.2 Å². The summed E-state index contributed by atoms with van der Waals surface area (Å²) in [5.74, 6) is -0.0632. The second-order valence-electron chi connectivity index (χ2n) is 6.93. The minimum Gasteiger partial charge on any atom is -0.333 e. The highest BCUT2D eigenvalue weighted by Crippen LogP contribution is 2.16. The number of carbonyl (C=O) groups excluding carboxylic acids is 1. The molecular formula is C16H26ClN3O3S. The van der Waals surface area contributed by atoms with Crippen molar-refractivity contribution in [2.24, 2.45) is 0 Å². The number of amides is 1. The molecule has 1 fully saturated rings. The Morgan fingerprint density at radius 3 is 2.33 bits per heavy atom. The zero-order valence-electron chi connectivity index (χ0n) is 14.5. The van der Waals surface area contributed by atoms with Gasteiger partial charge in [0.05, 0.1) is 4.90 Å². The SMILES string of the molecule is CC1CNCCN1C(=O)c1ccc(S(=O)(=O)NC(C)(C)C)cc1.Cl. The summed E-state index contributed by atoms with van der Waals surface area (Å²) in [7, 11) is -3.58. The van der Waals surface area contributed by atoms with Crippen LogP contribution in [0.3, 0.4) is 0 Å². The molecule has 0 saturated carbocycles. The Hall–Kier alpha value is -1.15. The van der Waals surface area contributed by atoms with Gasteiger partial charge in [0.15, 0.2) is 0 Å². The quantitative estimate of drug-likeness (QED) is 0.841. The standard InChI is InChI=1S/C16H25N3O3S.ClH/c1-12-11-17-9-10-19(12)15(20)13-5-7-14(8-6-13)23(21,22)18-16(2,3)4;/h5-8,12,17-18H,9-11H2,1-4H3;1H. The van der Waals surface area contributed by atoms with Gasteiger partial charge >= 0.3 is 0 Å². The molecule has 0 aliphatic carbocycles. The van der Waals surface area contributed by atoms with E-state index in [4.69, 9.17) is 0 Å². The van der Waals surface area contributed by atoms with Crippen molar-refractivity contribution >= 4 is 28.3 Å². The summed E-state index contributed by atoms with van der Waals surface area (Å²) in [5, 5.41) is 3.24. The van der Waals surface area contributed by atoms with E-state index in [1.807, 2.05) is 11.8 Å². The van der Waals surface area contributed by atoms with Gasteiger partial charge in [0.1, 0.15) is 0 Å². The average molecular weight is 376 g/mol. The van der Waals surface area contributed by atoms with Gasteiger partial charge in [0, 0.05) is 36.8 Å². The Bertz CT molecular complexity index is 669. The first-order chi connectivity index (χ1) is 10.6. The van der Waals surface area contributed by atoms with Gasteiger partial charge in [0.25, 0.3) is 5.91 Å². The van der Waals surface area contributed by atoms with Crippen LogP contribution >= 0.6 is 12.4 Å². The Morgan fingerprint density at radius 1 is 1.25 bits per heavy atom. The van der Waals surface area contributed by atoms with Gasteiger partial charge in [-0.05, 0) is 52.0 Å². The fourth-order valence-corrected chi connectivity index (χ4v) is 3.97. The van der Waals surface area contributed by atoms with Crippen LogP contribution in [0.25, 0.3) is 0 Å². The molecule has 1 aromatic carbocycles. The third-order valence-corrected chi connectivity index (χ3v) is 5.39. The molecule has 136 valence electrons. The molecule has 1 amide bonds. The highest BCUT2D eigenvalue weighted by Gasteiger charge is 2.25. The maximum absolute atomic E-state index is 12.5. The van der Waals surface area contributed by atoms with Gasteiger partial charge in [-0.25, -0.2) is 13.1 Å². The Balaban J connectivity index is 0.00000288. The van der Waals surface area contributed by atoms with E-state index in [0.29, 0.717) is 12.1 Å². The molecule has 0 spiro atoms. The third kappa shape index (κ3) is 5.17. The van der Waals surface area contributed by atoms with E-state index in [9.17, 15) is 13.2 Å². The van der Waals surface area contributed by atoms with E-state index in [1.165, 1.54) is 12.1 Å². The van der Waals surface area contributed by atoms with Gasteiger partial charge in [-0.15, -0.1) is 12.4 Å². The summed E-state index contributed by atoms with van der Waals surface area (Å²) in [6.45, 7) is 9.56. The van der Waals surface area contributed by atoms with Crippen LogP contribution in [0.1, 0.15) is 38.1 Å². The van der Waals surface area contributed by atoms with Crippen molar-refractivity contribution in [2.75, 3.05) is 19.6 Å². The number of carbonyl (C=O) groups is 1. The normalized spacial score (nSPS) is 18.8. The second kappa shape index (κ2) is 7.82. The van der Waals surface area contributed by atoms with Gasteiger partial charge in [0.2, 0.25) is 10.0 Å². The molecule has 6 nitrogen and oxygen atoms in total. The molecule has 8 heteroatoms. The predicted octanol–water partition coefficient (Wildman–Crippen LogP) is 1.62. The lowest BCUT2D eigenvalue weighted by Gasteiger charge is -2.34. The molecule has 0 bridgehead atoms. The van der Waals surface area contributed by atoms with Gasteiger partial charge < -0.3 is 10.2 Å². The predicted molar refractivity (Wildman–Crippen MR) is 97.1 cm³/mol. The van der Waals surface area contributed by atoms with Crippen LogP contribution in [0, 0.1) is 0 Å². The summed E-state index contributed by atoms with van der Waals surface area (Å²) in [4.78, 5) is 14.5. The van der Waals surface area contributed by atoms with Crippen molar-refractivity contribution in [3.8, 4) is 0 Å². The first-order valence-corrected chi connectivity index (χ1v) is 9.24. The molecule has 1 aromatic rings. The van der Waals surface area contributed by atoms with Crippen LogP contribution in [0.5, 0.6) is 0 Å². The highest BCUT2D eigenvalue weighted by molar-refractivity contribution is 7.89. The van der Waals surface area contributed by atoms with Crippen LogP contribution in [-0.2, 0) is 10.0 Å². The van der Waals surface area contributed by atoms with Crippen LogP contribution in [0.2, 0.25) is 0 Å². The van der Waals surface area contributed by atoms with E-state index in [0.717, 1.165) is 13.1 Å². The van der Waals surface area contributed by atoms with Crippen molar-refractivity contribution in [1.82, 2.24) is 14.9 Å². The molecule has 24 heavy (non-hydrogen) atoms. The van der Waals surface area contributed by atoms with Gasteiger partial charge in [-0.2, -0.15) is 0 Å². The molecular weight excluding hydrogens is 350 g/mol. The van der Waals surface area contributed by atoms with Gasteiger partial charge in [-0.3, -0.25) is 4.79 Å². The van der Waals surface area contributed by atoms with Crippen LogP contribution < -0.4 is 10.0 Å². The van der Waals surface area contributed by atoms with E-state index >= 15 is 0 Å². The second-order valence-corrected chi connectivity index (χ2v) is 8.61. The molecule has 2 rings (SSSR count). The van der Waals surface area contributed by atoms with Crippen molar-refractivity contribution < 1.29 is 13.2 Å².